The maximum absolute atomic E-state index is 5.86. The molecule has 14 heavy (non-hydrogen) atoms. The van der Waals surface area contributed by atoms with E-state index in [1.54, 1.807) is 12.4 Å². The summed E-state index contributed by atoms with van der Waals surface area (Å²) < 4.78 is 5.44. The fraction of sp³-hybridized carbons (Fsp3) is 0.444. The SMILES string of the molecule is NC[C@@H](N)c1cncc2c1NCCO2. The van der Waals surface area contributed by atoms with E-state index in [1.165, 1.54) is 0 Å². The minimum atomic E-state index is -0.188. The maximum Gasteiger partial charge on any atom is 0.161 e. The summed E-state index contributed by atoms with van der Waals surface area (Å²) >= 11 is 0. The first-order valence-corrected chi connectivity index (χ1v) is 4.63. The second-order valence-corrected chi connectivity index (χ2v) is 3.22. The third-order valence-corrected chi connectivity index (χ3v) is 2.26. The lowest BCUT2D eigenvalue weighted by atomic mass is 10.1. The molecular formula is C9H14N4O. The van der Waals surface area contributed by atoms with Crippen LogP contribution in [0.1, 0.15) is 11.6 Å². The number of rotatable bonds is 2. The molecule has 2 rings (SSSR count). The number of ether oxygens (including phenoxy) is 1. The van der Waals surface area contributed by atoms with Gasteiger partial charge >= 0.3 is 0 Å². The molecule has 0 unspecified atom stereocenters. The van der Waals surface area contributed by atoms with Crippen LogP contribution in [0.2, 0.25) is 0 Å². The molecule has 0 spiro atoms. The van der Waals surface area contributed by atoms with Gasteiger partial charge in [-0.3, -0.25) is 4.98 Å². The molecule has 0 fully saturated rings. The van der Waals surface area contributed by atoms with E-state index in [1.807, 2.05) is 0 Å². The molecule has 0 radical (unpaired) electrons. The first-order chi connectivity index (χ1) is 6.83. The molecule has 1 aromatic heterocycles. The van der Waals surface area contributed by atoms with Gasteiger partial charge in [0, 0.05) is 30.9 Å². The third kappa shape index (κ3) is 1.51. The number of aromatic nitrogens is 1. The highest BCUT2D eigenvalue weighted by molar-refractivity contribution is 5.62. The van der Waals surface area contributed by atoms with Crippen molar-refractivity contribution in [3.8, 4) is 5.75 Å². The normalized spacial score (nSPS) is 16.4. The summed E-state index contributed by atoms with van der Waals surface area (Å²) in [5.74, 6) is 0.762. The van der Waals surface area contributed by atoms with E-state index in [4.69, 9.17) is 16.2 Å². The van der Waals surface area contributed by atoms with Crippen molar-refractivity contribution in [1.82, 2.24) is 4.98 Å². The highest BCUT2D eigenvalue weighted by atomic mass is 16.5. The van der Waals surface area contributed by atoms with Crippen molar-refractivity contribution in [2.24, 2.45) is 11.5 Å². The highest BCUT2D eigenvalue weighted by Crippen LogP contribution is 2.32. The summed E-state index contributed by atoms with van der Waals surface area (Å²) in [4.78, 5) is 4.07. The summed E-state index contributed by atoms with van der Waals surface area (Å²) in [6.45, 7) is 1.86. The van der Waals surface area contributed by atoms with Crippen molar-refractivity contribution < 1.29 is 4.74 Å². The smallest absolute Gasteiger partial charge is 0.161 e. The number of nitrogens with two attached hydrogens (primary N) is 2. The second-order valence-electron chi connectivity index (χ2n) is 3.22. The van der Waals surface area contributed by atoms with Gasteiger partial charge in [-0.25, -0.2) is 0 Å². The molecule has 0 aliphatic carbocycles. The van der Waals surface area contributed by atoms with Crippen LogP contribution < -0.4 is 21.5 Å². The molecule has 5 nitrogen and oxygen atoms in total. The first kappa shape index (κ1) is 9.23. The lowest BCUT2D eigenvalue weighted by Crippen LogP contribution is -2.25. The average molecular weight is 194 g/mol. The van der Waals surface area contributed by atoms with Crippen LogP contribution in [0, 0.1) is 0 Å². The molecule has 0 saturated heterocycles. The van der Waals surface area contributed by atoms with E-state index >= 15 is 0 Å². The Balaban J connectivity index is 2.39. The van der Waals surface area contributed by atoms with E-state index < -0.39 is 0 Å². The highest BCUT2D eigenvalue weighted by Gasteiger charge is 2.17. The zero-order chi connectivity index (χ0) is 9.97. The fourth-order valence-electron chi connectivity index (χ4n) is 1.50. The average Bonchev–Trinajstić information content (AvgIpc) is 2.27. The molecular weight excluding hydrogens is 180 g/mol. The summed E-state index contributed by atoms with van der Waals surface area (Å²) in [5, 5.41) is 3.25. The Labute approximate surface area is 82.4 Å². The Morgan fingerprint density at radius 1 is 1.57 bits per heavy atom. The van der Waals surface area contributed by atoms with Gasteiger partial charge in [-0.1, -0.05) is 0 Å². The van der Waals surface area contributed by atoms with Crippen molar-refractivity contribution in [3.63, 3.8) is 0 Å². The molecule has 1 atom stereocenters. The Morgan fingerprint density at radius 2 is 2.43 bits per heavy atom. The third-order valence-electron chi connectivity index (χ3n) is 2.26. The van der Waals surface area contributed by atoms with Crippen LogP contribution in [0.4, 0.5) is 5.69 Å². The van der Waals surface area contributed by atoms with Crippen LogP contribution in [0.3, 0.4) is 0 Å². The number of pyridine rings is 1. The van der Waals surface area contributed by atoms with Crippen molar-refractivity contribution in [1.29, 1.82) is 0 Å². The summed E-state index contributed by atoms with van der Waals surface area (Å²) in [5.41, 5.74) is 13.2. The Morgan fingerprint density at radius 3 is 3.21 bits per heavy atom. The molecule has 76 valence electrons. The van der Waals surface area contributed by atoms with Gasteiger partial charge in [-0.05, 0) is 0 Å². The van der Waals surface area contributed by atoms with Gasteiger partial charge in [0.25, 0.3) is 0 Å². The standard InChI is InChI=1S/C9H14N4O/c10-3-7(11)6-4-12-5-8-9(6)13-1-2-14-8/h4-5,7,13H,1-3,10-11H2/t7-/m1/s1. The number of fused-ring (bicyclic) bond motifs is 1. The van der Waals surface area contributed by atoms with Crippen molar-refractivity contribution in [3.05, 3.63) is 18.0 Å². The van der Waals surface area contributed by atoms with Crippen LogP contribution >= 0.6 is 0 Å². The molecule has 5 N–H and O–H groups in total. The van der Waals surface area contributed by atoms with Crippen molar-refractivity contribution in [2.45, 2.75) is 6.04 Å². The fourth-order valence-corrected chi connectivity index (χ4v) is 1.50. The quantitative estimate of drug-likeness (QED) is 0.609. The number of nitrogens with zero attached hydrogens (tertiary/aromatic N) is 1. The first-order valence-electron chi connectivity index (χ1n) is 4.63. The van der Waals surface area contributed by atoms with Gasteiger partial charge in [0.05, 0.1) is 11.9 Å². The monoisotopic (exact) mass is 194 g/mol. The van der Waals surface area contributed by atoms with E-state index in [0.29, 0.717) is 13.2 Å². The van der Waals surface area contributed by atoms with Gasteiger partial charge in [-0.15, -0.1) is 0 Å². The predicted molar refractivity (Wildman–Crippen MR) is 54.2 cm³/mol. The van der Waals surface area contributed by atoms with Gasteiger partial charge in [0.1, 0.15) is 6.61 Å². The number of hydrogen-bond acceptors (Lipinski definition) is 5. The van der Waals surface area contributed by atoms with E-state index in [9.17, 15) is 0 Å². The number of anilines is 1. The maximum atomic E-state index is 5.86. The molecule has 1 aliphatic rings. The van der Waals surface area contributed by atoms with Crippen LogP contribution in [0.5, 0.6) is 5.75 Å². The lowest BCUT2D eigenvalue weighted by Gasteiger charge is -2.23. The number of hydrogen-bond donors (Lipinski definition) is 3. The lowest BCUT2D eigenvalue weighted by molar-refractivity contribution is 0.321. The predicted octanol–water partition coefficient (Wildman–Crippen LogP) is -0.156. The van der Waals surface area contributed by atoms with Gasteiger partial charge < -0.3 is 21.5 Å². The Bertz CT molecular complexity index is 329. The van der Waals surface area contributed by atoms with Gasteiger partial charge in [-0.2, -0.15) is 0 Å². The van der Waals surface area contributed by atoms with E-state index in [2.05, 4.69) is 10.3 Å². The molecule has 0 amide bonds. The minimum Gasteiger partial charge on any atom is -0.488 e. The molecule has 0 aromatic carbocycles. The van der Waals surface area contributed by atoms with E-state index in [0.717, 1.165) is 23.5 Å². The van der Waals surface area contributed by atoms with E-state index in [-0.39, 0.29) is 6.04 Å². The zero-order valence-corrected chi connectivity index (χ0v) is 7.86. The Kier molecular flexibility index (Phi) is 2.51. The van der Waals surface area contributed by atoms with Crippen LogP contribution in [0.25, 0.3) is 0 Å². The molecule has 0 saturated carbocycles. The molecule has 1 aromatic rings. The van der Waals surface area contributed by atoms with Gasteiger partial charge in [0.15, 0.2) is 5.75 Å². The topological polar surface area (TPSA) is 86.2 Å². The minimum absolute atomic E-state index is 0.188. The van der Waals surface area contributed by atoms with Crippen molar-refractivity contribution >= 4 is 5.69 Å². The van der Waals surface area contributed by atoms with Gasteiger partial charge in [0.2, 0.25) is 0 Å². The molecule has 1 aliphatic heterocycles. The summed E-state index contributed by atoms with van der Waals surface area (Å²) in [7, 11) is 0. The molecule has 2 heterocycles. The summed E-state index contributed by atoms with van der Waals surface area (Å²) in [6, 6.07) is -0.188. The second kappa shape index (κ2) is 3.81. The molecule has 5 heteroatoms. The van der Waals surface area contributed by atoms with Crippen LogP contribution in [-0.2, 0) is 0 Å². The number of nitrogens with one attached hydrogen (secondary N) is 1. The zero-order valence-electron chi connectivity index (χ0n) is 7.86. The van der Waals surface area contributed by atoms with Crippen molar-refractivity contribution in [2.75, 3.05) is 25.0 Å². The van der Waals surface area contributed by atoms with Crippen LogP contribution in [0.15, 0.2) is 12.4 Å². The molecule has 0 bridgehead atoms. The van der Waals surface area contributed by atoms with Crippen LogP contribution in [-0.4, -0.2) is 24.7 Å². The summed E-state index contributed by atoms with van der Waals surface area (Å²) in [6.07, 6.45) is 3.42. The Hall–Kier alpha value is -1.33. The largest absolute Gasteiger partial charge is 0.488 e.